The van der Waals surface area contributed by atoms with Gasteiger partial charge in [0.05, 0.1) is 17.9 Å². The maximum absolute atomic E-state index is 11.4. The van der Waals surface area contributed by atoms with E-state index in [2.05, 4.69) is 37.3 Å². The largest absolute Gasteiger partial charge is 0.393 e. The lowest BCUT2D eigenvalue weighted by Gasteiger charge is -2.57. The Morgan fingerprint density at radius 2 is 1.93 bits per heavy atom. The van der Waals surface area contributed by atoms with Crippen molar-refractivity contribution in [3.05, 3.63) is 34.7 Å². The molecule has 0 aromatic carbocycles. The minimum atomic E-state index is -0.348. The SMILES string of the molecule is Cc1nn(C)cc1/C=C1\C[C@@H]2[C@H]3CC=C4C[C@@H](O)CC[C@]4(C)[C@@H]3CC[C@]2(C)[C@H]1O. The Hall–Kier alpha value is -1.39. The predicted octanol–water partition coefficient (Wildman–Crippen LogP) is 4.41. The van der Waals surface area contributed by atoms with E-state index in [4.69, 9.17) is 0 Å². The molecule has 29 heavy (non-hydrogen) atoms. The molecule has 5 rings (SSSR count). The zero-order chi connectivity index (χ0) is 20.6. The quantitative estimate of drug-likeness (QED) is 0.692. The summed E-state index contributed by atoms with van der Waals surface area (Å²) in [6.07, 6.45) is 13.6. The molecule has 1 aromatic rings. The molecule has 4 aliphatic rings. The lowest BCUT2D eigenvalue weighted by molar-refractivity contribution is -0.0685. The second-order valence-corrected chi connectivity index (χ2v) is 10.9. The van der Waals surface area contributed by atoms with Crippen LogP contribution in [0.1, 0.15) is 70.1 Å². The summed E-state index contributed by atoms with van der Waals surface area (Å²) in [5, 5.41) is 26.0. The molecule has 3 fully saturated rings. The number of allylic oxidation sites excluding steroid dienone is 1. The normalized spacial score (nSPS) is 45.5. The Morgan fingerprint density at radius 3 is 2.66 bits per heavy atom. The van der Waals surface area contributed by atoms with E-state index in [9.17, 15) is 10.2 Å². The highest BCUT2D eigenvalue weighted by Crippen LogP contribution is 2.65. The van der Waals surface area contributed by atoms with Crippen molar-refractivity contribution in [2.24, 2.45) is 35.6 Å². The van der Waals surface area contributed by atoms with Gasteiger partial charge in [-0.1, -0.05) is 25.5 Å². The van der Waals surface area contributed by atoms with Gasteiger partial charge >= 0.3 is 0 Å². The molecular weight excluding hydrogens is 360 g/mol. The Kier molecular flexibility index (Phi) is 4.42. The molecule has 4 aliphatic carbocycles. The van der Waals surface area contributed by atoms with E-state index < -0.39 is 0 Å². The van der Waals surface area contributed by atoms with E-state index in [0.29, 0.717) is 17.8 Å². The number of aromatic nitrogens is 2. The number of fused-ring (bicyclic) bond motifs is 5. The van der Waals surface area contributed by atoms with Gasteiger partial charge in [0.15, 0.2) is 0 Å². The van der Waals surface area contributed by atoms with Crippen molar-refractivity contribution in [3.63, 3.8) is 0 Å². The lowest BCUT2D eigenvalue weighted by atomic mass is 9.48. The molecule has 0 radical (unpaired) electrons. The molecule has 1 heterocycles. The molecule has 0 unspecified atom stereocenters. The summed E-state index contributed by atoms with van der Waals surface area (Å²) < 4.78 is 1.86. The Bertz CT molecular complexity index is 883. The van der Waals surface area contributed by atoms with Crippen LogP contribution in [0.2, 0.25) is 0 Å². The summed E-state index contributed by atoms with van der Waals surface area (Å²) in [7, 11) is 1.96. The van der Waals surface area contributed by atoms with E-state index in [1.54, 1.807) is 0 Å². The fourth-order valence-corrected chi connectivity index (χ4v) is 7.60. The first-order valence-corrected chi connectivity index (χ1v) is 11.5. The van der Waals surface area contributed by atoms with Crippen LogP contribution in [-0.2, 0) is 7.05 Å². The third-order valence-corrected chi connectivity index (χ3v) is 9.34. The van der Waals surface area contributed by atoms with Gasteiger partial charge < -0.3 is 10.2 Å². The first kappa shape index (κ1) is 19.6. The molecule has 4 nitrogen and oxygen atoms in total. The first-order valence-electron chi connectivity index (χ1n) is 11.5. The minimum Gasteiger partial charge on any atom is -0.393 e. The van der Waals surface area contributed by atoms with Crippen LogP contribution in [0.5, 0.6) is 0 Å². The number of nitrogens with zero attached hydrogens (tertiary/aromatic N) is 2. The van der Waals surface area contributed by atoms with Crippen molar-refractivity contribution < 1.29 is 10.2 Å². The van der Waals surface area contributed by atoms with Gasteiger partial charge in [-0.05, 0) is 86.7 Å². The highest BCUT2D eigenvalue weighted by Gasteiger charge is 2.59. The van der Waals surface area contributed by atoms with Gasteiger partial charge in [0.2, 0.25) is 0 Å². The van der Waals surface area contributed by atoms with Gasteiger partial charge in [0.1, 0.15) is 0 Å². The van der Waals surface area contributed by atoms with Crippen LogP contribution in [0.4, 0.5) is 0 Å². The summed E-state index contributed by atoms with van der Waals surface area (Å²) in [5.41, 5.74) is 5.12. The van der Waals surface area contributed by atoms with Crippen molar-refractivity contribution in [1.29, 1.82) is 0 Å². The van der Waals surface area contributed by atoms with Gasteiger partial charge in [-0.3, -0.25) is 4.68 Å². The Labute approximate surface area is 174 Å². The molecule has 7 atom stereocenters. The fraction of sp³-hybridized carbons (Fsp3) is 0.720. The summed E-state index contributed by atoms with van der Waals surface area (Å²) in [5.74, 6) is 1.88. The summed E-state index contributed by atoms with van der Waals surface area (Å²) >= 11 is 0. The van der Waals surface area contributed by atoms with Crippen LogP contribution in [0.15, 0.2) is 23.4 Å². The van der Waals surface area contributed by atoms with E-state index in [-0.39, 0.29) is 23.0 Å². The second kappa shape index (κ2) is 6.55. The van der Waals surface area contributed by atoms with Gasteiger partial charge in [0.25, 0.3) is 0 Å². The van der Waals surface area contributed by atoms with Gasteiger partial charge in [0, 0.05) is 24.2 Å². The molecule has 0 amide bonds. The topological polar surface area (TPSA) is 58.3 Å². The van der Waals surface area contributed by atoms with Crippen molar-refractivity contribution in [2.45, 2.75) is 77.9 Å². The Balaban J connectivity index is 1.48. The molecule has 2 N–H and O–H groups in total. The van der Waals surface area contributed by atoms with Crippen LogP contribution in [0, 0.1) is 35.5 Å². The molecule has 1 aromatic heterocycles. The number of hydrogen-bond acceptors (Lipinski definition) is 3. The predicted molar refractivity (Wildman–Crippen MR) is 115 cm³/mol. The average molecular weight is 397 g/mol. The molecule has 3 saturated carbocycles. The molecule has 0 aliphatic heterocycles. The van der Waals surface area contributed by atoms with Gasteiger partial charge in [-0.2, -0.15) is 5.10 Å². The first-order chi connectivity index (χ1) is 13.7. The zero-order valence-electron chi connectivity index (χ0n) is 18.4. The summed E-state index contributed by atoms with van der Waals surface area (Å²) in [6, 6.07) is 0. The Morgan fingerprint density at radius 1 is 1.14 bits per heavy atom. The molecular formula is C25H36N2O2. The standard InChI is InChI=1S/C25H36N2O2/c1-15-17(14-27(4)26-15)11-16-12-22-20-6-5-18-13-19(28)7-9-24(18,2)21(20)8-10-25(22,3)23(16)29/h5,11,14,19-23,28-29H,6-10,12-13H2,1-4H3/b16-11+/t19-,20-,21+,22+,23-,24-,25-/m0/s1. The zero-order valence-corrected chi connectivity index (χ0v) is 18.4. The summed E-state index contributed by atoms with van der Waals surface area (Å²) in [4.78, 5) is 0. The fourth-order valence-electron chi connectivity index (χ4n) is 7.60. The number of aryl methyl sites for hydroxylation is 2. The third-order valence-electron chi connectivity index (χ3n) is 9.34. The number of aliphatic hydroxyl groups excluding tert-OH is 2. The summed E-state index contributed by atoms with van der Waals surface area (Å²) in [6.45, 7) is 6.84. The minimum absolute atomic E-state index is 0.0149. The van der Waals surface area contributed by atoms with E-state index in [0.717, 1.165) is 49.8 Å². The van der Waals surface area contributed by atoms with Crippen LogP contribution in [0.3, 0.4) is 0 Å². The van der Waals surface area contributed by atoms with Crippen LogP contribution in [-0.4, -0.2) is 32.2 Å². The maximum atomic E-state index is 11.4. The molecule has 4 heteroatoms. The molecule has 0 spiro atoms. The van der Waals surface area contributed by atoms with Crippen LogP contribution >= 0.6 is 0 Å². The lowest BCUT2D eigenvalue weighted by Crippen LogP contribution is -2.51. The van der Waals surface area contributed by atoms with Crippen molar-refractivity contribution in [2.75, 3.05) is 0 Å². The maximum Gasteiger partial charge on any atom is 0.0809 e. The van der Waals surface area contributed by atoms with Crippen molar-refractivity contribution >= 4 is 6.08 Å². The monoisotopic (exact) mass is 396 g/mol. The number of aliphatic hydroxyl groups is 2. The number of hydrogen-bond donors (Lipinski definition) is 2. The molecule has 0 saturated heterocycles. The molecule has 158 valence electrons. The average Bonchev–Trinajstić information content (AvgIpc) is 3.12. The van der Waals surface area contributed by atoms with Gasteiger partial charge in [-0.15, -0.1) is 0 Å². The second-order valence-electron chi connectivity index (χ2n) is 10.9. The number of rotatable bonds is 1. The third kappa shape index (κ3) is 2.82. The smallest absolute Gasteiger partial charge is 0.0809 e. The van der Waals surface area contributed by atoms with Crippen molar-refractivity contribution in [3.8, 4) is 0 Å². The van der Waals surface area contributed by atoms with E-state index in [1.807, 2.05) is 18.7 Å². The van der Waals surface area contributed by atoms with E-state index in [1.165, 1.54) is 17.6 Å². The van der Waals surface area contributed by atoms with Crippen LogP contribution < -0.4 is 0 Å². The highest BCUT2D eigenvalue weighted by molar-refractivity contribution is 5.57. The molecule has 0 bridgehead atoms. The highest BCUT2D eigenvalue weighted by atomic mass is 16.3. The van der Waals surface area contributed by atoms with E-state index >= 15 is 0 Å². The van der Waals surface area contributed by atoms with Gasteiger partial charge in [-0.25, -0.2) is 0 Å². The van der Waals surface area contributed by atoms with Crippen LogP contribution in [0.25, 0.3) is 6.08 Å². The van der Waals surface area contributed by atoms with Crippen molar-refractivity contribution in [1.82, 2.24) is 9.78 Å².